The molecule has 36 heavy (non-hydrogen) atoms. The Morgan fingerprint density at radius 3 is 2.00 bits per heavy atom. The number of nitrogens with zero attached hydrogens (tertiary/aromatic N) is 3. The van der Waals surface area contributed by atoms with E-state index in [1.54, 1.807) is 6.07 Å². The van der Waals surface area contributed by atoms with Crippen LogP contribution in [0.3, 0.4) is 0 Å². The van der Waals surface area contributed by atoms with Crippen molar-refractivity contribution in [2.24, 2.45) is 0 Å². The van der Waals surface area contributed by atoms with E-state index in [2.05, 4.69) is 46.4 Å². The van der Waals surface area contributed by atoms with E-state index in [0.29, 0.717) is 5.82 Å². The molecule has 6 aromatic rings. The molecule has 6 rings (SSSR count). The SMILES string of the molecule is CC(C)Oc1nc(-c2c(O)cccc2O)nc(-c2cc3c4ccccc4ccc3c3ccccc23)n1. The van der Waals surface area contributed by atoms with Crippen LogP contribution in [-0.2, 0) is 0 Å². The van der Waals surface area contributed by atoms with Gasteiger partial charge < -0.3 is 14.9 Å². The Kier molecular flexibility index (Phi) is 5.15. The lowest BCUT2D eigenvalue weighted by atomic mass is 9.93. The second-order valence-corrected chi connectivity index (χ2v) is 8.95. The van der Waals surface area contributed by atoms with Crippen molar-refractivity contribution in [3.05, 3.63) is 84.9 Å². The highest BCUT2D eigenvalue weighted by atomic mass is 16.5. The predicted octanol–water partition coefficient (Wildman–Crippen LogP) is 6.86. The van der Waals surface area contributed by atoms with Crippen molar-refractivity contribution in [2.75, 3.05) is 0 Å². The monoisotopic (exact) mass is 473 g/mol. The van der Waals surface area contributed by atoms with Crippen LogP contribution in [-0.4, -0.2) is 31.3 Å². The smallest absolute Gasteiger partial charge is 0.320 e. The summed E-state index contributed by atoms with van der Waals surface area (Å²) in [5, 5.41) is 27.6. The van der Waals surface area contributed by atoms with Crippen molar-refractivity contribution in [1.29, 1.82) is 0 Å². The molecular weight excluding hydrogens is 450 g/mol. The zero-order valence-corrected chi connectivity index (χ0v) is 19.8. The van der Waals surface area contributed by atoms with Gasteiger partial charge in [-0.1, -0.05) is 66.7 Å². The molecule has 0 unspecified atom stereocenters. The minimum absolute atomic E-state index is 0.120. The third-order valence-electron chi connectivity index (χ3n) is 6.21. The summed E-state index contributed by atoms with van der Waals surface area (Å²) in [6.45, 7) is 3.77. The lowest BCUT2D eigenvalue weighted by Crippen LogP contribution is -2.10. The highest BCUT2D eigenvalue weighted by molar-refractivity contribution is 6.20. The van der Waals surface area contributed by atoms with Gasteiger partial charge in [-0.05, 0) is 64.4 Å². The molecule has 176 valence electrons. The first kappa shape index (κ1) is 21.8. The Morgan fingerprint density at radius 2 is 1.25 bits per heavy atom. The van der Waals surface area contributed by atoms with Gasteiger partial charge in [-0.25, -0.2) is 4.98 Å². The molecule has 6 heteroatoms. The van der Waals surface area contributed by atoms with Crippen LogP contribution in [0.2, 0.25) is 0 Å². The molecule has 0 atom stereocenters. The van der Waals surface area contributed by atoms with E-state index in [4.69, 9.17) is 9.72 Å². The zero-order valence-electron chi connectivity index (χ0n) is 19.8. The number of phenolic OH excluding ortho intramolecular Hbond substituents is 2. The topological polar surface area (TPSA) is 88.4 Å². The first-order valence-corrected chi connectivity index (χ1v) is 11.8. The molecule has 0 spiro atoms. The maximum Gasteiger partial charge on any atom is 0.320 e. The number of rotatable bonds is 4. The number of hydrogen-bond acceptors (Lipinski definition) is 6. The lowest BCUT2D eigenvalue weighted by Gasteiger charge is -2.15. The average molecular weight is 474 g/mol. The third-order valence-corrected chi connectivity index (χ3v) is 6.21. The molecule has 0 radical (unpaired) electrons. The van der Waals surface area contributed by atoms with Gasteiger partial charge in [0.1, 0.15) is 17.1 Å². The van der Waals surface area contributed by atoms with Gasteiger partial charge in [0.05, 0.1) is 6.10 Å². The summed E-state index contributed by atoms with van der Waals surface area (Å²) in [4.78, 5) is 13.8. The van der Waals surface area contributed by atoms with Gasteiger partial charge in [0, 0.05) is 5.56 Å². The Balaban J connectivity index is 1.70. The van der Waals surface area contributed by atoms with Crippen molar-refractivity contribution in [1.82, 2.24) is 15.0 Å². The van der Waals surface area contributed by atoms with Crippen LogP contribution in [0.25, 0.3) is 55.1 Å². The van der Waals surface area contributed by atoms with Crippen LogP contribution >= 0.6 is 0 Å². The minimum atomic E-state index is -0.177. The molecule has 6 nitrogen and oxygen atoms in total. The Hall–Kier alpha value is -4.71. The molecular formula is C30H23N3O3. The summed E-state index contributed by atoms with van der Waals surface area (Å²) in [5.41, 5.74) is 0.937. The van der Waals surface area contributed by atoms with Crippen LogP contribution in [0.15, 0.2) is 84.9 Å². The van der Waals surface area contributed by atoms with E-state index in [1.165, 1.54) is 12.1 Å². The minimum Gasteiger partial charge on any atom is -0.507 e. The van der Waals surface area contributed by atoms with Crippen LogP contribution in [0, 0.1) is 0 Å². The van der Waals surface area contributed by atoms with E-state index < -0.39 is 0 Å². The van der Waals surface area contributed by atoms with E-state index in [1.807, 2.05) is 44.2 Å². The van der Waals surface area contributed by atoms with Gasteiger partial charge >= 0.3 is 6.01 Å². The molecule has 0 saturated carbocycles. The largest absolute Gasteiger partial charge is 0.507 e. The predicted molar refractivity (Wildman–Crippen MR) is 142 cm³/mol. The van der Waals surface area contributed by atoms with E-state index >= 15 is 0 Å². The molecule has 0 bridgehead atoms. The fourth-order valence-corrected chi connectivity index (χ4v) is 4.66. The van der Waals surface area contributed by atoms with Crippen molar-refractivity contribution in [3.8, 4) is 40.3 Å². The second kappa shape index (κ2) is 8.50. The number of aromatic hydroxyl groups is 2. The standard InChI is InChI=1S/C30H23N3O3/c1-17(2)36-30-32-28(31-29(33-30)27-25(34)12-7-13-26(27)35)24-16-23-19-9-4-3-8-18(19)14-15-22(23)20-10-5-6-11-21(20)24/h3-17,34-35H,1-2H3. The molecule has 0 aliphatic carbocycles. The van der Waals surface area contributed by atoms with Gasteiger partial charge in [0.15, 0.2) is 11.6 Å². The summed E-state index contributed by atoms with van der Waals surface area (Å²) < 4.78 is 5.86. The number of hydrogen-bond donors (Lipinski definition) is 2. The lowest BCUT2D eigenvalue weighted by molar-refractivity contribution is 0.222. The van der Waals surface area contributed by atoms with Gasteiger partial charge in [-0.3, -0.25) is 0 Å². The van der Waals surface area contributed by atoms with E-state index in [-0.39, 0.29) is 35.0 Å². The molecule has 2 N–H and O–H groups in total. The first-order chi connectivity index (χ1) is 17.5. The molecule has 1 aromatic heterocycles. The van der Waals surface area contributed by atoms with Gasteiger partial charge in [-0.15, -0.1) is 0 Å². The van der Waals surface area contributed by atoms with Crippen LogP contribution < -0.4 is 4.74 Å². The summed E-state index contributed by atoms with van der Waals surface area (Å²) in [5.74, 6) is 0.270. The maximum absolute atomic E-state index is 10.5. The summed E-state index contributed by atoms with van der Waals surface area (Å²) in [6.07, 6.45) is -0.177. The zero-order chi connectivity index (χ0) is 24.8. The number of phenols is 2. The fraction of sp³-hybridized carbons (Fsp3) is 0.100. The van der Waals surface area contributed by atoms with Gasteiger partial charge in [0.2, 0.25) is 0 Å². The van der Waals surface area contributed by atoms with Crippen molar-refractivity contribution in [3.63, 3.8) is 0 Å². The maximum atomic E-state index is 10.5. The van der Waals surface area contributed by atoms with E-state index in [0.717, 1.165) is 37.9 Å². The Labute approximate surface area is 207 Å². The third kappa shape index (κ3) is 3.64. The van der Waals surface area contributed by atoms with Crippen LogP contribution in [0.5, 0.6) is 17.5 Å². The van der Waals surface area contributed by atoms with E-state index in [9.17, 15) is 10.2 Å². The van der Waals surface area contributed by atoms with Crippen molar-refractivity contribution in [2.45, 2.75) is 20.0 Å². The van der Waals surface area contributed by atoms with Gasteiger partial charge in [-0.2, -0.15) is 9.97 Å². The summed E-state index contributed by atoms with van der Waals surface area (Å²) >= 11 is 0. The summed E-state index contributed by atoms with van der Waals surface area (Å²) in [7, 11) is 0. The van der Waals surface area contributed by atoms with Crippen LogP contribution in [0.4, 0.5) is 0 Å². The molecule has 0 aliphatic heterocycles. The summed E-state index contributed by atoms with van der Waals surface area (Å²) in [6, 6.07) is 27.5. The average Bonchev–Trinajstić information content (AvgIpc) is 2.87. The normalized spacial score (nSPS) is 11.5. The Bertz CT molecular complexity index is 1760. The molecule has 0 amide bonds. The molecule has 0 fully saturated rings. The number of benzene rings is 5. The quantitative estimate of drug-likeness (QED) is 0.272. The van der Waals surface area contributed by atoms with Crippen molar-refractivity contribution < 1.29 is 14.9 Å². The molecule has 0 aliphatic rings. The van der Waals surface area contributed by atoms with Crippen molar-refractivity contribution >= 4 is 32.3 Å². The highest BCUT2D eigenvalue weighted by Gasteiger charge is 2.20. The number of fused-ring (bicyclic) bond motifs is 5. The molecule has 5 aromatic carbocycles. The fourth-order valence-electron chi connectivity index (χ4n) is 4.66. The van der Waals surface area contributed by atoms with Gasteiger partial charge in [0.25, 0.3) is 0 Å². The highest BCUT2D eigenvalue weighted by Crippen LogP contribution is 2.39. The Morgan fingerprint density at radius 1 is 0.611 bits per heavy atom. The van der Waals surface area contributed by atoms with Crippen LogP contribution in [0.1, 0.15) is 13.8 Å². The number of aromatic nitrogens is 3. The number of ether oxygens (including phenoxy) is 1. The first-order valence-electron chi connectivity index (χ1n) is 11.8. The molecule has 0 saturated heterocycles. The molecule has 1 heterocycles. The second-order valence-electron chi connectivity index (χ2n) is 8.95.